The van der Waals surface area contributed by atoms with Crippen molar-refractivity contribution >= 4 is 84.2 Å². The van der Waals surface area contributed by atoms with Gasteiger partial charge in [0.05, 0.1) is 16.1 Å². The molecule has 2 aromatic carbocycles. The third kappa shape index (κ3) is 11.6. The van der Waals surface area contributed by atoms with Crippen molar-refractivity contribution in [3.63, 3.8) is 0 Å². The number of aryl methyl sites for hydroxylation is 2. The molecule has 1 aliphatic carbocycles. The van der Waals surface area contributed by atoms with E-state index in [1.54, 1.807) is 11.1 Å². The standard InChI is InChI=1S/C64H80S6Si2/c1-9-12-15-18-20-23-42-71(5,6)64(72(7,8)43-24-21-19-16-13-10-2)52-44-47(54-32-26-46(4)65-54)27-30-50(52)51-31-28-48(45-53(51)64)55-34-35-58(67-55)59-38-39-62(69-59)63-41-40-61(70-63)60-37-36-57(68-60)56-33-29-49(66-56)25-22-17-14-11-3/h26-41,44-45H,9-25,42-43H2,1-8H3. The maximum absolute atomic E-state index is 2.84. The fraction of sp³-hybridized carbons (Fsp3) is 0.438. The summed E-state index contributed by atoms with van der Waals surface area (Å²) in [5, 5.41) is 0. The van der Waals surface area contributed by atoms with Gasteiger partial charge >= 0.3 is 0 Å². The third-order valence-corrected chi connectivity index (χ3v) is 35.9. The lowest BCUT2D eigenvalue weighted by atomic mass is 10.0. The lowest BCUT2D eigenvalue weighted by Crippen LogP contribution is -2.66. The van der Waals surface area contributed by atoms with Gasteiger partial charge in [0.1, 0.15) is 0 Å². The largest absolute Gasteiger partial charge is 0.141 e. The molecule has 0 N–H and O–H groups in total. The summed E-state index contributed by atoms with van der Waals surface area (Å²) >= 11 is 11.8. The Morgan fingerprint density at radius 2 is 0.694 bits per heavy atom. The van der Waals surface area contributed by atoms with Gasteiger partial charge in [-0.15, -0.1) is 68.0 Å². The monoisotopic (exact) mass is 1100 g/mol. The third-order valence-electron chi connectivity index (χ3n) is 16.1. The summed E-state index contributed by atoms with van der Waals surface area (Å²) in [6.45, 7) is 20.6. The summed E-state index contributed by atoms with van der Waals surface area (Å²) < 4.78 is 0.115. The van der Waals surface area contributed by atoms with Crippen LogP contribution >= 0.6 is 68.0 Å². The van der Waals surface area contributed by atoms with E-state index in [-0.39, 0.29) is 4.66 Å². The molecule has 0 amide bonds. The number of unbranched alkanes of at least 4 members (excludes halogenated alkanes) is 13. The fourth-order valence-corrected chi connectivity index (χ4v) is 33.6. The van der Waals surface area contributed by atoms with Crippen molar-refractivity contribution in [3.05, 3.63) is 130 Å². The second kappa shape index (κ2) is 24.4. The number of rotatable bonds is 27. The first kappa shape index (κ1) is 53.9. The molecule has 0 aliphatic heterocycles. The van der Waals surface area contributed by atoms with Crippen LogP contribution in [0.3, 0.4) is 0 Å². The van der Waals surface area contributed by atoms with Gasteiger partial charge in [-0.2, -0.15) is 0 Å². The van der Waals surface area contributed by atoms with Gasteiger partial charge in [0.25, 0.3) is 0 Å². The molecule has 0 fully saturated rings. The average molecular weight is 1100 g/mol. The van der Waals surface area contributed by atoms with Crippen molar-refractivity contribution in [2.75, 3.05) is 0 Å². The molecular formula is C64H80S6Si2. The van der Waals surface area contributed by atoms with Crippen molar-refractivity contribution in [1.29, 1.82) is 0 Å². The summed E-state index contributed by atoms with van der Waals surface area (Å²) in [7, 11) is -3.99. The van der Waals surface area contributed by atoms with Crippen LogP contribution in [-0.4, -0.2) is 16.1 Å². The van der Waals surface area contributed by atoms with Crippen LogP contribution in [0.1, 0.15) is 144 Å². The first-order valence-electron chi connectivity index (χ1n) is 27.8. The highest BCUT2D eigenvalue weighted by atomic mass is 32.1. The van der Waals surface area contributed by atoms with E-state index in [1.165, 1.54) is 202 Å². The van der Waals surface area contributed by atoms with Gasteiger partial charge in [-0.3, -0.25) is 0 Å². The van der Waals surface area contributed by atoms with Crippen LogP contribution in [0.15, 0.2) is 109 Å². The van der Waals surface area contributed by atoms with E-state index in [9.17, 15) is 0 Å². The van der Waals surface area contributed by atoms with Gasteiger partial charge in [0, 0.05) is 63.2 Å². The van der Waals surface area contributed by atoms with Gasteiger partial charge in [0.2, 0.25) is 0 Å². The predicted octanol–water partition coefficient (Wildman–Crippen LogP) is 24.0. The van der Waals surface area contributed by atoms with Crippen LogP contribution in [0.2, 0.25) is 38.3 Å². The summed E-state index contributed by atoms with van der Waals surface area (Å²) in [4.78, 5) is 16.8. The lowest BCUT2D eigenvalue weighted by Gasteiger charge is -2.54. The van der Waals surface area contributed by atoms with Crippen molar-refractivity contribution in [1.82, 2.24) is 0 Å². The van der Waals surface area contributed by atoms with Crippen LogP contribution in [0.5, 0.6) is 0 Å². The zero-order valence-electron chi connectivity index (χ0n) is 44.8. The van der Waals surface area contributed by atoms with Gasteiger partial charge in [-0.1, -0.05) is 180 Å². The molecule has 380 valence electrons. The van der Waals surface area contributed by atoms with Crippen molar-refractivity contribution in [3.8, 4) is 71.0 Å². The van der Waals surface area contributed by atoms with E-state index in [4.69, 9.17) is 0 Å². The molecular weight excluding hydrogens is 1020 g/mol. The van der Waals surface area contributed by atoms with Gasteiger partial charge in [0.15, 0.2) is 0 Å². The molecule has 6 heterocycles. The molecule has 8 aromatic rings. The van der Waals surface area contributed by atoms with Crippen molar-refractivity contribution in [2.24, 2.45) is 0 Å². The molecule has 0 bridgehead atoms. The highest BCUT2D eigenvalue weighted by Gasteiger charge is 2.62. The molecule has 0 nitrogen and oxygen atoms in total. The quantitative estimate of drug-likeness (QED) is 0.0356. The number of fused-ring (bicyclic) bond motifs is 3. The highest BCUT2D eigenvalue weighted by molar-refractivity contribution is 7.30. The maximum Gasteiger partial charge on any atom is 0.0609 e. The Bertz CT molecular complexity index is 2970. The van der Waals surface area contributed by atoms with E-state index in [0.717, 1.165) is 0 Å². The van der Waals surface area contributed by atoms with E-state index >= 15 is 0 Å². The average Bonchev–Trinajstić information content (AvgIpc) is 4.23. The molecule has 0 atom stereocenters. The van der Waals surface area contributed by atoms with Gasteiger partial charge in [-0.05, 0) is 138 Å². The Balaban J connectivity index is 1.01. The molecule has 72 heavy (non-hydrogen) atoms. The minimum atomic E-state index is -2.00. The Labute approximate surface area is 461 Å². The first-order valence-corrected chi connectivity index (χ1v) is 39.1. The lowest BCUT2D eigenvalue weighted by molar-refractivity contribution is 0.618. The Morgan fingerprint density at radius 3 is 1.12 bits per heavy atom. The molecule has 0 spiro atoms. The fourth-order valence-electron chi connectivity index (χ4n) is 12.5. The van der Waals surface area contributed by atoms with E-state index in [1.807, 2.05) is 68.0 Å². The SMILES string of the molecule is CCCCCCCC[Si](C)(C)C1([Si](C)(C)CCCCCCCC)c2cc(-c3ccc(C)s3)ccc2-c2ccc(-c3ccc(-c4ccc(-c5ccc(-c6ccc(-c7ccc(CCCCCC)s7)s6)s5)s4)s3)cc21. The minimum Gasteiger partial charge on any atom is -0.141 e. The van der Waals surface area contributed by atoms with Crippen LogP contribution in [0.4, 0.5) is 0 Å². The molecule has 9 rings (SSSR count). The molecule has 6 aromatic heterocycles. The van der Waals surface area contributed by atoms with E-state index in [2.05, 4.69) is 163 Å². The summed E-state index contributed by atoms with van der Waals surface area (Å²) in [6, 6.07) is 46.7. The first-order chi connectivity index (χ1) is 35.0. The molecule has 0 radical (unpaired) electrons. The smallest absolute Gasteiger partial charge is 0.0609 e. The minimum absolute atomic E-state index is 0.115. The maximum atomic E-state index is 2.84. The zero-order valence-corrected chi connectivity index (χ0v) is 51.7. The second-order valence-corrected chi connectivity index (χ2v) is 39.5. The topological polar surface area (TPSA) is 0 Å². The van der Waals surface area contributed by atoms with E-state index in [0.29, 0.717) is 0 Å². The molecule has 0 saturated heterocycles. The van der Waals surface area contributed by atoms with E-state index < -0.39 is 16.1 Å². The van der Waals surface area contributed by atoms with Crippen LogP contribution in [0.25, 0.3) is 71.0 Å². The predicted molar refractivity (Wildman–Crippen MR) is 336 cm³/mol. The van der Waals surface area contributed by atoms with Crippen LogP contribution < -0.4 is 0 Å². The number of benzene rings is 2. The molecule has 8 heteroatoms. The summed E-state index contributed by atoms with van der Waals surface area (Å²) in [6.07, 6.45) is 22.9. The summed E-state index contributed by atoms with van der Waals surface area (Å²) in [5.41, 5.74) is 9.27. The van der Waals surface area contributed by atoms with Crippen molar-refractivity contribution in [2.45, 2.75) is 180 Å². The van der Waals surface area contributed by atoms with Crippen LogP contribution in [-0.2, 0) is 11.1 Å². The van der Waals surface area contributed by atoms with Crippen LogP contribution in [0, 0.1) is 6.92 Å². The molecule has 0 unspecified atom stereocenters. The molecule has 0 saturated carbocycles. The number of hydrogen-bond acceptors (Lipinski definition) is 6. The Morgan fingerprint density at radius 1 is 0.347 bits per heavy atom. The van der Waals surface area contributed by atoms with Gasteiger partial charge in [-0.25, -0.2) is 0 Å². The Kier molecular flexibility index (Phi) is 18.2. The zero-order chi connectivity index (χ0) is 50.3. The number of thiophene rings is 6. The molecule has 1 aliphatic rings. The second-order valence-electron chi connectivity index (χ2n) is 22.2. The normalized spacial score (nSPS) is 13.3. The highest BCUT2D eigenvalue weighted by Crippen LogP contribution is 2.61. The Hall–Kier alpha value is -2.93. The number of hydrogen-bond donors (Lipinski definition) is 0. The van der Waals surface area contributed by atoms with Crippen molar-refractivity contribution < 1.29 is 0 Å². The van der Waals surface area contributed by atoms with Gasteiger partial charge < -0.3 is 0 Å². The summed E-state index contributed by atoms with van der Waals surface area (Å²) in [5.74, 6) is 0.